The van der Waals surface area contributed by atoms with E-state index in [-0.39, 0.29) is 30.4 Å². The SMILES string of the molecule is O=C(NCCN1C(=O)S/C(=C/c2ccc(OC(F)F)cc2)C1=O)C1COc2ccccc2O1. The van der Waals surface area contributed by atoms with E-state index in [2.05, 4.69) is 10.1 Å². The van der Waals surface area contributed by atoms with Crippen LogP contribution in [0.15, 0.2) is 53.4 Å². The van der Waals surface area contributed by atoms with Crippen LogP contribution in [0.3, 0.4) is 0 Å². The molecule has 1 atom stereocenters. The Morgan fingerprint density at radius 3 is 2.64 bits per heavy atom. The van der Waals surface area contributed by atoms with Crippen LogP contribution in [0.5, 0.6) is 17.2 Å². The fourth-order valence-electron chi connectivity index (χ4n) is 3.14. The molecule has 3 amide bonds. The lowest BCUT2D eigenvalue weighted by molar-refractivity contribution is -0.131. The molecule has 2 aromatic rings. The molecule has 0 aliphatic carbocycles. The molecule has 172 valence electrons. The number of thioether (sulfide) groups is 1. The standard InChI is InChI=1S/C22H18F2N2O6S/c23-21(24)31-14-7-5-13(6-8-14)11-18-20(28)26(22(29)33-18)10-9-25-19(27)17-12-30-15-3-1-2-4-16(15)32-17/h1-8,11,17,21H,9-10,12H2,(H,25,27)/b18-11+. The predicted molar refractivity (Wildman–Crippen MR) is 115 cm³/mol. The quantitative estimate of drug-likeness (QED) is 0.613. The van der Waals surface area contributed by atoms with E-state index in [1.54, 1.807) is 24.3 Å². The number of halogens is 2. The van der Waals surface area contributed by atoms with Gasteiger partial charge in [0.05, 0.1) is 4.91 Å². The summed E-state index contributed by atoms with van der Waals surface area (Å²) in [4.78, 5) is 38.4. The van der Waals surface area contributed by atoms with E-state index < -0.39 is 29.8 Å². The minimum Gasteiger partial charge on any atom is -0.485 e. The highest BCUT2D eigenvalue weighted by Crippen LogP contribution is 2.33. The highest BCUT2D eigenvalue weighted by Gasteiger charge is 2.35. The normalized spacial score (nSPS) is 18.7. The van der Waals surface area contributed by atoms with Crippen LogP contribution in [0.4, 0.5) is 13.6 Å². The van der Waals surface area contributed by atoms with Gasteiger partial charge in [0.1, 0.15) is 12.4 Å². The van der Waals surface area contributed by atoms with Crippen molar-refractivity contribution in [3.8, 4) is 17.2 Å². The Labute approximate surface area is 191 Å². The largest absolute Gasteiger partial charge is 0.485 e. The van der Waals surface area contributed by atoms with E-state index in [1.165, 1.54) is 30.3 Å². The summed E-state index contributed by atoms with van der Waals surface area (Å²) >= 11 is 0.761. The van der Waals surface area contributed by atoms with E-state index >= 15 is 0 Å². The molecule has 1 saturated heterocycles. The number of nitrogens with zero attached hydrogens (tertiary/aromatic N) is 1. The number of carbonyl (C=O) groups is 3. The van der Waals surface area contributed by atoms with Crippen LogP contribution in [-0.2, 0) is 9.59 Å². The molecule has 1 fully saturated rings. The average molecular weight is 476 g/mol. The summed E-state index contributed by atoms with van der Waals surface area (Å²) in [5, 5.41) is 2.18. The van der Waals surface area contributed by atoms with Crippen molar-refractivity contribution < 1.29 is 37.4 Å². The van der Waals surface area contributed by atoms with Gasteiger partial charge in [-0.1, -0.05) is 24.3 Å². The number of hydrogen-bond acceptors (Lipinski definition) is 7. The molecule has 1 unspecified atom stereocenters. The van der Waals surface area contributed by atoms with Gasteiger partial charge in [0.2, 0.25) is 6.10 Å². The second-order valence-corrected chi connectivity index (χ2v) is 7.93. The van der Waals surface area contributed by atoms with Crippen molar-refractivity contribution >= 4 is 34.9 Å². The fraction of sp³-hybridized carbons (Fsp3) is 0.227. The molecule has 2 aromatic carbocycles. The summed E-state index contributed by atoms with van der Waals surface area (Å²) < 4.78 is 39.9. The van der Waals surface area contributed by atoms with E-state index in [9.17, 15) is 23.2 Å². The fourth-order valence-corrected chi connectivity index (χ4v) is 4.01. The molecule has 1 N–H and O–H groups in total. The number of ether oxygens (including phenoxy) is 3. The Kier molecular flexibility index (Phi) is 6.78. The average Bonchev–Trinajstić information content (AvgIpc) is 3.07. The van der Waals surface area contributed by atoms with Crippen LogP contribution in [0.1, 0.15) is 5.56 Å². The van der Waals surface area contributed by atoms with Crippen LogP contribution >= 0.6 is 11.8 Å². The van der Waals surface area contributed by atoms with Gasteiger partial charge < -0.3 is 19.5 Å². The molecule has 33 heavy (non-hydrogen) atoms. The van der Waals surface area contributed by atoms with Crippen molar-refractivity contribution in [2.24, 2.45) is 0 Å². The van der Waals surface area contributed by atoms with Gasteiger partial charge in [-0.3, -0.25) is 19.3 Å². The second kappa shape index (κ2) is 9.90. The van der Waals surface area contributed by atoms with E-state index in [0.29, 0.717) is 17.1 Å². The van der Waals surface area contributed by atoms with Crippen molar-refractivity contribution in [2.75, 3.05) is 19.7 Å². The monoisotopic (exact) mass is 476 g/mol. The van der Waals surface area contributed by atoms with Crippen LogP contribution in [-0.4, -0.2) is 54.4 Å². The summed E-state index contributed by atoms with van der Waals surface area (Å²) in [6, 6.07) is 12.7. The van der Waals surface area contributed by atoms with Crippen molar-refractivity contribution in [1.29, 1.82) is 0 Å². The maximum absolute atomic E-state index is 12.6. The lowest BCUT2D eigenvalue weighted by Crippen LogP contribution is -2.46. The van der Waals surface area contributed by atoms with Crippen LogP contribution in [0.25, 0.3) is 6.08 Å². The van der Waals surface area contributed by atoms with E-state index in [0.717, 1.165) is 16.7 Å². The highest BCUT2D eigenvalue weighted by molar-refractivity contribution is 8.18. The molecule has 4 rings (SSSR count). The van der Waals surface area contributed by atoms with Crippen LogP contribution in [0.2, 0.25) is 0 Å². The lowest BCUT2D eigenvalue weighted by Gasteiger charge is -2.25. The molecule has 11 heteroatoms. The summed E-state index contributed by atoms with van der Waals surface area (Å²) in [6.07, 6.45) is 0.645. The van der Waals surface area contributed by atoms with Gasteiger partial charge in [0.15, 0.2) is 11.5 Å². The molecule has 8 nitrogen and oxygen atoms in total. The molecular weight excluding hydrogens is 458 g/mol. The number of nitrogens with one attached hydrogen (secondary N) is 1. The Balaban J connectivity index is 1.29. The zero-order valence-electron chi connectivity index (χ0n) is 17.0. The molecule has 2 heterocycles. The molecular formula is C22H18F2N2O6S. The number of rotatable bonds is 7. The van der Waals surface area contributed by atoms with E-state index in [4.69, 9.17) is 9.47 Å². The third-order valence-electron chi connectivity index (χ3n) is 4.71. The number of para-hydroxylation sites is 2. The van der Waals surface area contributed by atoms with Gasteiger partial charge in [0, 0.05) is 13.1 Å². The molecule has 0 radical (unpaired) electrons. The zero-order valence-corrected chi connectivity index (χ0v) is 17.8. The second-order valence-electron chi connectivity index (χ2n) is 6.94. The van der Waals surface area contributed by atoms with Crippen molar-refractivity contribution in [3.05, 3.63) is 59.0 Å². The van der Waals surface area contributed by atoms with Crippen LogP contribution < -0.4 is 19.5 Å². The van der Waals surface area contributed by atoms with Gasteiger partial charge in [-0.05, 0) is 47.7 Å². The van der Waals surface area contributed by atoms with E-state index in [1.807, 2.05) is 0 Å². The summed E-state index contributed by atoms with van der Waals surface area (Å²) in [7, 11) is 0. The molecule has 0 aromatic heterocycles. The number of benzene rings is 2. The summed E-state index contributed by atoms with van der Waals surface area (Å²) in [5.41, 5.74) is 0.546. The number of carbonyl (C=O) groups excluding carboxylic acids is 3. The third-order valence-corrected chi connectivity index (χ3v) is 5.62. The molecule has 2 aliphatic rings. The predicted octanol–water partition coefficient (Wildman–Crippen LogP) is 3.28. The van der Waals surface area contributed by atoms with Crippen molar-refractivity contribution in [3.63, 3.8) is 0 Å². The topological polar surface area (TPSA) is 94.2 Å². The number of fused-ring (bicyclic) bond motifs is 1. The lowest BCUT2D eigenvalue weighted by atomic mass is 10.2. The smallest absolute Gasteiger partial charge is 0.387 e. The zero-order chi connectivity index (χ0) is 23.4. The number of amides is 3. The summed E-state index contributed by atoms with van der Waals surface area (Å²) in [6.45, 7) is -2.85. The van der Waals surface area contributed by atoms with Gasteiger partial charge in [-0.15, -0.1) is 0 Å². The Bertz CT molecular complexity index is 1090. The Morgan fingerprint density at radius 1 is 1.18 bits per heavy atom. The molecule has 0 saturated carbocycles. The first kappa shape index (κ1) is 22.6. The highest BCUT2D eigenvalue weighted by atomic mass is 32.2. The minimum absolute atomic E-state index is 0.0122. The van der Waals surface area contributed by atoms with Gasteiger partial charge in [0.25, 0.3) is 17.1 Å². The van der Waals surface area contributed by atoms with Crippen molar-refractivity contribution in [2.45, 2.75) is 12.7 Å². The van der Waals surface area contributed by atoms with Gasteiger partial charge in [-0.2, -0.15) is 8.78 Å². The summed E-state index contributed by atoms with van der Waals surface area (Å²) in [5.74, 6) is 0.0920. The number of hydrogen-bond donors (Lipinski definition) is 1. The van der Waals surface area contributed by atoms with Crippen molar-refractivity contribution in [1.82, 2.24) is 10.2 Å². The van der Waals surface area contributed by atoms with Gasteiger partial charge in [-0.25, -0.2) is 0 Å². The molecule has 2 aliphatic heterocycles. The maximum atomic E-state index is 12.6. The minimum atomic E-state index is -2.93. The Hall–Kier alpha value is -3.60. The Morgan fingerprint density at radius 2 is 1.91 bits per heavy atom. The van der Waals surface area contributed by atoms with Crippen LogP contribution in [0, 0.1) is 0 Å². The first-order valence-corrected chi connectivity index (χ1v) is 10.7. The number of alkyl halides is 2. The molecule has 0 spiro atoms. The van der Waals surface area contributed by atoms with Gasteiger partial charge >= 0.3 is 6.61 Å². The third kappa shape index (κ3) is 5.43. The number of imide groups is 1. The first-order chi connectivity index (χ1) is 15.9. The maximum Gasteiger partial charge on any atom is 0.387 e. The first-order valence-electron chi connectivity index (χ1n) is 9.87. The molecule has 0 bridgehead atoms.